The van der Waals surface area contributed by atoms with E-state index in [1.807, 2.05) is 6.26 Å². The van der Waals surface area contributed by atoms with Crippen LogP contribution in [0.1, 0.15) is 25.1 Å². The third-order valence-corrected chi connectivity index (χ3v) is 11.0. The van der Waals surface area contributed by atoms with Crippen molar-refractivity contribution >= 4 is 68.2 Å². The van der Waals surface area contributed by atoms with Crippen LogP contribution in [0.3, 0.4) is 0 Å². The molecule has 0 aromatic carbocycles. The van der Waals surface area contributed by atoms with E-state index in [-0.39, 0.29) is 18.4 Å². The summed E-state index contributed by atoms with van der Waals surface area (Å²) in [7, 11) is -10.2. The van der Waals surface area contributed by atoms with Crippen LogP contribution in [0.4, 0.5) is 5.82 Å². The van der Waals surface area contributed by atoms with E-state index < -0.39 is 48.5 Å². The Labute approximate surface area is 254 Å². The molecule has 23 heteroatoms. The van der Waals surface area contributed by atoms with Crippen LogP contribution in [-0.4, -0.2) is 96.5 Å². The molecule has 1 saturated heterocycles. The maximum Gasteiger partial charge on any atom is 0.490 e. The van der Waals surface area contributed by atoms with Crippen molar-refractivity contribution in [3.05, 3.63) is 18.1 Å². The Bertz CT molecular complexity index is 1510. The number of nitrogens with two attached hydrogens (primary N) is 1. The molecule has 0 bridgehead atoms. The lowest BCUT2D eigenvalue weighted by Gasteiger charge is -2.23. The minimum Gasteiger partial charge on any atom is -0.369 e. The minimum atomic E-state index is -5.69. The highest BCUT2D eigenvalue weighted by atomic mass is 33.1. The van der Waals surface area contributed by atoms with Crippen molar-refractivity contribution in [2.24, 2.45) is 10.7 Å². The predicted molar refractivity (Wildman–Crippen MR) is 159 cm³/mol. The van der Waals surface area contributed by atoms with Crippen LogP contribution >= 0.6 is 45.1 Å². The van der Waals surface area contributed by atoms with E-state index in [0.29, 0.717) is 22.4 Å². The van der Waals surface area contributed by atoms with E-state index in [4.69, 9.17) is 29.5 Å². The third-order valence-electron chi connectivity index (χ3n) is 5.23. The summed E-state index contributed by atoms with van der Waals surface area (Å²) in [6.07, 6.45) is 4.13. The molecule has 2 aromatic heterocycles. The normalized spacial score (nSPS) is 22.7. The first-order chi connectivity index (χ1) is 20.0. The Morgan fingerprint density at radius 3 is 2.60 bits per heavy atom. The lowest BCUT2D eigenvalue weighted by atomic mass is 10.2. The van der Waals surface area contributed by atoms with E-state index in [1.165, 1.54) is 27.9 Å². The average Bonchev–Trinajstić information content (AvgIpc) is 3.44. The number of aliphatic imine (C=N–C) groups is 1. The second-order valence-electron chi connectivity index (χ2n) is 8.82. The zero-order valence-corrected chi connectivity index (χ0v) is 27.5. The first-order valence-electron chi connectivity index (χ1n) is 12.1. The van der Waals surface area contributed by atoms with Crippen LogP contribution in [-0.2, 0) is 36.3 Å². The highest BCUT2D eigenvalue weighted by Crippen LogP contribution is 2.66. The fraction of sp³-hybridized carbons (Fsp3) is 0.550. The van der Waals surface area contributed by atoms with E-state index in [9.17, 15) is 23.5 Å². The van der Waals surface area contributed by atoms with E-state index >= 15 is 0 Å². The van der Waals surface area contributed by atoms with Gasteiger partial charge in [-0.05, 0) is 13.2 Å². The summed E-state index contributed by atoms with van der Waals surface area (Å²) < 4.78 is 61.3. The maximum atomic E-state index is 12.4. The van der Waals surface area contributed by atoms with Crippen molar-refractivity contribution in [3.63, 3.8) is 0 Å². The van der Waals surface area contributed by atoms with Crippen LogP contribution in [0, 0.1) is 11.8 Å². The highest BCUT2D eigenvalue weighted by Gasteiger charge is 2.44. The summed E-state index contributed by atoms with van der Waals surface area (Å²) in [5.74, 6) is 6.14. The summed E-state index contributed by atoms with van der Waals surface area (Å²) >= 11 is 0. The molecule has 1 fully saturated rings. The molecule has 0 amide bonds. The van der Waals surface area contributed by atoms with Crippen molar-refractivity contribution in [3.8, 4) is 11.8 Å². The van der Waals surface area contributed by atoms with Crippen LogP contribution in [0.5, 0.6) is 0 Å². The van der Waals surface area contributed by atoms with Gasteiger partial charge in [0, 0.05) is 26.7 Å². The van der Waals surface area contributed by atoms with Crippen molar-refractivity contribution in [2.75, 3.05) is 33.5 Å². The van der Waals surface area contributed by atoms with Crippen molar-refractivity contribution < 1.29 is 55.9 Å². The molecule has 240 valence electrons. The Hall–Kier alpha value is -1.36. The van der Waals surface area contributed by atoms with Gasteiger partial charge in [-0.2, -0.15) is 8.62 Å². The minimum absolute atomic E-state index is 0.0974. The van der Waals surface area contributed by atoms with Gasteiger partial charge >= 0.3 is 23.5 Å². The van der Waals surface area contributed by atoms with Crippen molar-refractivity contribution in [1.29, 1.82) is 0 Å². The van der Waals surface area contributed by atoms with Gasteiger partial charge in [0.25, 0.3) is 0 Å². The number of fused-ring (bicyclic) bond motifs is 1. The molecular weight excluding hydrogens is 673 g/mol. The molecule has 18 nitrogen and oxygen atoms in total. The maximum absolute atomic E-state index is 12.4. The standard InChI is InChI=1S/C20H31N6O12P3S2/c1-13(43-42-4)35-15-8-17(36-16(15)10-34-40(30,31)38-41(32,33)37-39(27,28)29)26-9-14(6-5-7-21)18-19(24-12-25(2)3)22-11-23-20(18)26/h9,11-13,15-17H,7-8,10,21H2,1-4H3,(H,30,31)(H,32,33)(H2,27,28,29)/t13-,15?,16+,17+/m0/s1. The highest BCUT2D eigenvalue weighted by molar-refractivity contribution is 8.76. The van der Waals surface area contributed by atoms with Crippen LogP contribution in [0.2, 0.25) is 0 Å². The molecule has 43 heavy (non-hydrogen) atoms. The molecule has 3 rings (SSSR count). The summed E-state index contributed by atoms with van der Waals surface area (Å²) in [5.41, 5.74) is 6.19. The van der Waals surface area contributed by atoms with Crippen LogP contribution in [0.25, 0.3) is 11.0 Å². The number of hydrogen-bond donors (Lipinski definition) is 5. The SMILES string of the molecule is CSS[C@@H](C)OC1C[C@H](n2cc(C#CCN)c3c(N=CN(C)C)ncnc32)O[C@@H]1COP(=O)(O)OP(=O)(O)OP(=O)(O)O. The molecule has 3 unspecified atom stereocenters. The second kappa shape index (κ2) is 15.3. The van der Waals surface area contributed by atoms with Gasteiger partial charge in [-0.25, -0.2) is 28.7 Å². The topological polar surface area (TPSA) is 251 Å². The lowest BCUT2D eigenvalue weighted by Crippen LogP contribution is -2.30. The molecule has 2 aromatic rings. The number of ether oxygens (including phenoxy) is 2. The summed E-state index contributed by atoms with van der Waals surface area (Å²) in [4.78, 5) is 51.7. The average molecular weight is 705 g/mol. The summed E-state index contributed by atoms with van der Waals surface area (Å²) in [6.45, 7) is 1.20. The Morgan fingerprint density at radius 1 is 1.26 bits per heavy atom. The molecule has 6 N–H and O–H groups in total. The van der Waals surface area contributed by atoms with Gasteiger partial charge in [-0.3, -0.25) is 4.52 Å². The molecule has 1 aliphatic rings. The number of rotatable bonds is 14. The third kappa shape index (κ3) is 10.9. The second-order valence-corrected chi connectivity index (χ2v) is 16.0. The Balaban J connectivity index is 1.92. The number of phosphoric ester groups is 1. The smallest absolute Gasteiger partial charge is 0.369 e. The van der Waals surface area contributed by atoms with Gasteiger partial charge in [0.2, 0.25) is 0 Å². The largest absolute Gasteiger partial charge is 0.490 e. The summed E-state index contributed by atoms with van der Waals surface area (Å²) in [6, 6.07) is 0. The first kappa shape index (κ1) is 36.1. The lowest BCUT2D eigenvalue weighted by molar-refractivity contribution is -0.0616. The molecule has 6 atom stereocenters. The summed E-state index contributed by atoms with van der Waals surface area (Å²) in [5, 5.41) is 0.533. The molecule has 3 heterocycles. The van der Waals surface area contributed by atoms with Crippen molar-refractivity contribution in [1.82, 2.24) is 19.4 Å². The van der Waals surface area contributed by atoms with Gasteiger partial charge in [0.15, 0.2) is 5.82 Å². The number of nitrogens with zero attached hydrogens (tertiary/aromatic N) is 5. The number of aromatic nitrogens is 3. The molecule has 0 radical (unpaired) electrons. The number of hydrogen-bond acceptors (Lipinski definition) is 14. The predicted octanol–water partition coefficient (Wildman–Crippen LogP) is 2.34. The zero-order chi connectivity index (χ0) is 32.0. The first-order valence-corrected chi connectivity index (χ1v) is 19.2. The Morgan fingerprint density at radius 2 is 1.98 bits per heavy atom. The quantitative estimate of drug-likeness (QED) is 0.0472. The molecule has 1 aliphatic heterocycles. The van der Waals surface area contributed by atoms with Gasteiger partial charge in [0.1, 0.15) is 29.7 Å². The van der Waals surface area contributed by atoms with Crippen LogP contribution < -0.4 is 5.73 Å². The van der Waals surface area contributed by atoms with Gasteiger partial charge < -0.3 is 44.2 Å². The Kier molecular flexibility index (Phi) is 12.8. The van der Waals surface area contributed by atoms with Gasteiger partial charge in [-0.1, -0.05) is 33.4 Å². The van der Waals surface area contributed by atoms with E-state index in [2.05, 4.69) is 35.4 Å². The molecular formula is C20H31N6O12P3S2. The van der Waals surface area contributed by atoms with Crippen molar-refractivity contribution in [2.45, 2.75) is 37.2 Å². The van der Waals surface area contributed by atoms with Crippen LogP contribution in [0.15, 0.2) is 17.5 Å². The fourth-order valence-corrected chi connectivity index (χ4v) is 8.28. The number of phosphoric acid groups is 3. The molecule has 0 saturated carbocycles. The zero-order valence-electron chi connectivity index (χ0n) is 23.2. The molecule has 0 spiro atoms. The van der Waals surface area contributed by atoms with Gasteiger partial charge in [0.05, 0.1) is 36.5 Å². The van der Waals surface area contributed by atoms with E-state index in [1.54, 1.807) is 43.0 Å². The van der Waals surface area contributed by atoms with Gasteiger partial charge in [-0.15, -0.1) is 0 Å². The molecule has 0 aliphatic carbocycles. The van der Waals surface area contributed by atoms with E-state index in [0.717, 1.165) is 0 Å². The monoisotopic (exact) mass is 704 g/mol. The fourth-order valence-electron chi connectivity index (χ4n) is 3.84.